The zero-order valence-corrected chi connectivity index (χ0v) is 15.7. The van der Waals surface area contributed by atoms with Crippen molar-refractivity contribution in [2.45, 2.75) is 26.2 Å². The summed E-state index contributed by atoms with van der Waals surface area (Å²) in [5.74, 6) is 1.58. The summed E-state index contributed by atoms with van der Waals surface area (Å²) in [5, 5.41) is 21.1. The summed E-state index contributed by atoms with van der Waals surface area (Å²) in [6, 6.07) is 7.04. The topological polar surface area (TPSA) is 58.9 Å². The molecule has 0 spiro atoms. The van der Waals surface area contributed by atoms with Crippen LogP contribution in [0, 0.1) is 3.57 Å². The van der Waals surface area contributed by atoms with Crippen molar-refractivity contribution in [1.29, 1.82) is 0 Å². The maximum atomic E-state index is 10.7. The quantitative estimate of drug-likeness (QED) is 0.654. The van der Waals surface area contributed by atoms with E-state index in [4.69, 9.17) is 9.47 Å². The van der Waals surface area contributed by atoms with Crippen LogP contribution >= 0.6 is 22.6 Å². The van der Waals surface area contributed by atoms with Crippen molar-refractivity contribution >= 4 is 22.6 Å². The Balaban J connectivity index is 2.65. The lowest BCUT2D eigenvalue weighted by Gasteiger charge is -2.15. The van der Waals surface area contributed by atoms with Crippen LogP contribution in [0.3, 0.4) is 0 Å². The molecule has 0 amide bonds. The Hall–Kier alpha value is -1.63. The van der Waals surface area contributed by atoms with Gasteiger partial charge in [-0.15, -0.1) is 0 Å². The van der Waals surface area contributed by atoms with Crippen molar-refractivity contribution < 1.29 is 19.7 Å². The van der Waals surface area contributed by atoms with E-state index in [9.17, 15) is 10.2 Å². The number of rotatable bonds is 6. The summed E-state index contributed by atoms with van der Waals surface area (Å²) >= 11 is 2.04. The third-order valence-corrected chi connectivity index (χ3v) is 4.58. The Kier molecular flexibility index (Phi) is 5.98. The van der Waals surface area contributed by atoms with Crippen LogP contribution in [-0.4, -0.2) is 24.4 Å². The molecule has 2 aromatic rings. The largest absolute Gasteiger partial charge is 0.507 e. The van der Waals surface area contributed by atoms with Gasteiger partial charge in [-0.1, -0.05) is 13.3 Å². The molecular formula is C18H21IO4. The van der Waals surface area contributed by atoms with Crippen LogP contribution in [0.15, 0.2) is 24.3 Å². The third kappa shape index (κ3) is 3.83. The van der Waals surface area contributed by atoms with Crippen molar-refractivity contribution in [2.75, 3.05) is 14.2 Å². The number of aryl methyl sites for hydroxylation is 1. The van der Waals surface area contributed by atoms with E-state index in [-0.39, 0.29) is 11.5 Å². The Morgan fingerprint density at radius 2 is 1.48 bits per heavy atom. The van der Waals surface area contributed by atoms with Gasteiger partial charge in [0.2, 0.25) is 0 Å². The van der Waals surface area contributed by atoms with E-state index in [0.29, 0.717) is 26.2 Å². The second-order valence-electron chi connectivity index (χ2n) is 5.29. The first-order valence-electron chi connectivity index (χ1n) is 7.48. The Morgan fingerprint density at radius 1 is 0.913 bits per heavy atom. The van der Waals surface area contributed by atoms with Gasteiger partial charge in [-0.3, -0.25) is 0 Å². The predicted molar refractivity (Wildman–Crippen MR) is 99.6 cm³/mol. The Labute approximate surface area is 150 Å². The van der Waals surface area contributed by atoms with E-state index in [2.05, 4.69) is 6.92 Å². The molecule has 0 saturated heterocycles. The molecule has 0 aliphatic rings. The van der Waals surface area contributed by atoms with Crippen molar-refractivity contribution in [3.63, 3.8) is 0 Å². The van der Waals surface area contributed by atoms with Crippen LogP contribution in [0.1, 0.15) is 25.3 Å². The monoisotopic (exact) mass is 428 g/mol. The fourth-order valence-electron chi connectivity index (χ4n) is 2.44. The lowest BCUT2D eigenvalue weighted by atomic mass is 9.97. The molecule has 0 unspecified atom stereocenters. The van der Waals surface area contributed by atoms with Gasteiger partial charge in [-0.05, 0) is 65.3 Å². The number of ether oxygens (including phenoxy) is 2. The minimum atomic E-state index is 0.122. The fourth-order valence-corrected chi connectivity index (χ4v) is 3.04. The standard InChI is InChI=1S/C18H21IO4/c1-4-5-6-11-7-12(22-2)8-14(17(11)20)15-9-13(23-3)10-16(19)18(15)21/h7-10,20-21H,4-6H2,1-3H3. The molecule has 0 heterocycles. The number of methoxy groups -OCH3 is 2. The molecular weight excluding hydrogens is 407 g/mol. The molecule has 0 atom stereocenters. The van der Waals surface area contributed by atoms with Gasteiger partial charge in [0.05, 0.1) is 17.8 Å². The molecule has 2 aromatic carbocycles. The molecule has 4 nitrogen and oxygen atoms in total. The van der Waals surface area contributed by atoms with E-state index >= 15 is 0 Å². The fraction of sp³-hybridized carbons (Fsp3) is 0.333. The SMILES string of the molecule is CCCCc1cc(OC)cc(-c2cc(OC)cc(I)c2O)c1O. The number of hydrogen-bond donors (Lipinski definition) is 2. The van der Waals surface area contributed by atoms with Crippen molar-refractivity contribution in [2.24, 2.45) is 0 Å². The lowest BCUT2D eigenvalue weighted by Crippen LogP contribution is -1.94. The number of benzene rings is 2. The number of phenols is 2. The molecule has 0 bridgehead atoms. The van der Waals surface area contributed by atoms with Crippen molar-refractivity contribution in [3.05, 3.63) is 33.4 Å². The molecule has 0 aliphatic heterocycles. The first kappa shape index (κ1) is 17.7. The summed E-state index contributed by atoms with van der Waals surface area (Å²) in [5.41, 5.74) is 1.89. The zero-order valence-electron chi connectivity index (χ0n) is 13.5. The Morgan fingerprint density at radius 3 is 2.04 bits per heavy atom. The highest BCUT2D eigenvalue weighted by molar-refractivity contribution is 14.1. The summed E-state index contributed by atoms with van der Waals surface area (Å²) in [6.07, 6.45) is 2.77. The van der Waals surface area contributed by atoms with Gasteiger partial charge in [-0.2, -0.15) is 0 Å². The van der Waals surface area contributed by atoms with Gasteiger partial charge in [0.25, 0.3) is 0 Å². The van der Waals surface area contributed by atoms with E-state index in [0.717, 1.165) is 24.8 Å². The summed E-state index contributed by atoms with van der Waals surface area (Å²) in [6.45, 7) is 2.11. The van der Waals surface area contributed by atoms with Crippen LogP contribution in [0.5, 0.6) is 23.0 Å². The molecule has 2 N–H and O–H groups in total. The summed E-state index contributed by atoms with van der Waals surface area (Å²) in [4.78, 5) is 0. The van der Waals surface area contributed by atoms with E-state index in [1.165, 1.54) is 0 Å². The van der Waals surface area contributed by atoms with Gasteiger partial charge < -0.3 is 19.7 Å². The van der Waals surface area contributed by atoms with Gasteiger partial charge in [0, 0.05) is 11.1 Å². The number of unbranched alkanes of at least 4 members (excludes halogenated alkanes) is 1. The highest BCUT2D eigenvalue weighted by Gasteiger charge is 2.18. The molecule has 0 fully saturated rings. The number of phenolic OH excluding ortho intramolecular Hbond substituents is 2. The lowest BCUT2D eigenvalue weighted by molar-refractivity contribution is 0.409. The summed E-state index contributed by atoms with van der Waals surface area (Å²) < 4.78 is 11.3. The predicted octanol–water partition coefficient (Wildman–Crippen LogP) is 4.73. The molecule has 0 radical (unpaired) electrons. The van der Waals surface area contributed by atoms with Crippen LogP contribution in [0.25, 0.3) is 11.1 Å². The highest BCUT2D eigenvalue weighted by atomic mass is 127. The second kappa shape index (κ2) is 7.77. The highest BCUT2D eigenvalue weighted by Crippen LogP contribution is 2.43. The smallest absolute Gasteiger partial charge is 0.137 e. The van der Waals surface area contributed by atoms with E-state index in [1.807, 2.05) is 28.7 Å². The van der Waals surface area contributed by atoms with E-state index in [1.54, 1.807) is 32.4 Å². The number of aromatic hydroxyl groups is 2. The molecule has 124 valence electrons. The van der Waals surface area contributed by atoms with Crippen LogP contribution in [-0.2, 0) is 6.42 Å². The van der Waals surface area contributed by atoms with Crippen LogP contribution < -0.4 is 9.47 Å². The third-order valence-electron chi connectivity index (χ3n) is 3.76. The second-order valence-corrected chi connectivity index (χ2v) is 6.45. The maximum Gasteiger partial charge on any atom is 0.137 e. The summed E-state index contributed by atoms with van der Waals surface area (Å²) in [7, 11) is 3.17. The number of halogens is 1. The van der Waals surface area contributed by atoms with E-state index < -0.39 is 0 Å². The van der Waals surface area contributed by atoms with Gasteiger partial charge in [-0.25, -0.2) is 0 Å². The van der Waals surface area contributed by atoms with Gasteiger partial charge >= 0.3 is 0 Å². The maximum absolute atomic E-state index is 10.7. The van der Waals surface area contributed by atoms with Crippen molar-refractivity contribution in [3.8, 4) is 34.1 Å². The minimum absolute atomic E-state index is 0.122. The average Bonchev–Trinajstić information content (AvgIpc) is 2.56. The van der Waals surface area contributed by atoms with Crippen LogP contribution in [0.2, 0.25) is 0 Å². The van der Waals surface area contributed by atoms with Gasteiger partial charge in [0.15, 0.2) is 0 Å². The Bertz CT molecular complexity index is 698. The first-order chi connectivity index (χ1) is 11.0. The zero-order chi connectivity index (χ0) is 17.0. The molecule has 2 rings (SSSR count). The molecule has 0 aliphatic carbocycles. The normalized spacial score (nSPS) is 10.6. The molecule has 5 heteroatoms. The molecule has 0 aromatic heterocycles. The minimum Gasteiger partial charge on any atom is -0.507 e. The van der Waals surface area contributed by atoms with Crippen LogP contribution in [0.4, 0.5) is 0 Å². The average molecular weight is 428 g/mol. The van der Waals surface area contributed by atoms with Gasteiger partial charge in [0.1, 0.15) is 23.0 Å². The van der Waals surface area contributed by atoms with Crippen molar-refractivity contribution in [1.82, 2.24) is 0 Å². The molecule has 0 saturated carbocycles. The first-order valence-corrected chi connectivity index (χ1v) is 8.56. The number of hydrogen-bond acceptors (Lipinski definition) is 4. The molecule has 23 heavy (non-hydrogen) atoms.